The van der Waals surface area contributed by atoms with Crippen LogP contribution in [0.1, 0.15) is 49.0 Å². The van der Waals surface area contributed by atoms with Crippen molar-refractivity contribution >= 4 is 27.7 Å². The van der Waals surface area contributed by atoms with Crippen LogP contribution in [0.15, 0.2) is 60.7 Å². The average molecular weight is 502 g/mol. The Morgan fingerprint density at radius 2 is 1.92 bits per heavy atom. The van der Waals surface area contributed by atoms with Crippen molar-refractivity contribution in [3.05, 3.63) is 83.3 Å². The first-order valence-electron chi connectivity index (χ1n) is 12.5. The van der Waals surface area contributed by atoms with Crippen LogP contribution in [0.2, 0.25) is 0 Å². The zero-order valence-electron chi connectivity index (χ0n) is 20.4. The maximum absolute atomic E-state index is 15.4. The van der Waals surface area contributed by atoms with Crippen molar-refractivity contribution in [1.29, 1.82) is 0 Å². The molecular weight excluding hydrogens is 473 g/mol. The molecule has 0 bridgehead atoms. The van der Waals surface area contributed by atoms with Crippen LogP contribution >= 0.6 is 11.3 Å². The van der Waals surface area contributed by atoms with Gasteiger partial charge in [0, 0.05) is 30.1 Å². The van der Waals surface area contributed by atoms with E-state index in [9.17, 15) is 4.79 Å². The fourth-order valence-corrected chi connectivity index (χ4v) is 6.44. The second-order valence-corrected chi connectivity index (χ2v) is 10.8. The topological polar surface area (TPSA) is 55.3 Å². The summed E-state index contributed by atoms with van der Waals surface area (Å²) in [7, 11) is 1.42. The third-order valence-corrected chi connectivity index (χ3v) is 8.70. The van der Waals surface area contributed by atoms with E-state index >= 15 is 4.39 Å². The second-order valence-electron chi connectivity index (χ2n) is 9.83. The quantitative estimate of drug-likeness (QED) is 0.285. The first-order valence-corrected chi connectivity index (χ1v) is 13.3. The van der Waals surface area contributed by atoms with Crippen LogP contribution in [0.25, 0.3) is 20.9 Å². The molecule has 1 saturated carbocycles. The van der Waals surface area contributed by atoms with Crippen LogP contribution in [0, 0.1) is 11.7 Å². The number of nitrogens with zero attached hydrogens (tertiary/aromatic N) is 3. The van der Waals surface area contributed by atoms with Gasteiger partial charge in [-0.05, 0) is 54.7 Å². The maximum atomic E-state index is 15.4. The number of hydrogen-bond acceptors (Lipinski definition) is 6. The SMILES string of the molecule is CCC(c1ccc(-c2nc3ccc(C4(c5ccccc5)CC4)nc3s2)c(F)c1)N1CC(C(=O)OC)C1. The molecule has 1 unspecified atom stereocenters. The normalized spacial score (nSPS) is 18.1. The molecule has 2 aromatic carbocycles. The number of methoxy groups -OCH3 is 1. The fourth-order valence-electron chi connectivity index (χ4n) is 5.47. The number of halogens is 1. The molecule has 184 valence electrons. The van der Waals surface area contributed by atoms with E-state index in [1.165, 1.54) is 24.0 Å². The van der Waals surface area contributed by atoms with Gasteiger partial charge >= 0.3 is 5.97 Å². The predicted octanol–water partition coefficient (Wildman–Crippen LogP) is 6.13. The molecule has 1 atom stereocenters. The standard InChI is InChI=1S/C29H28FN3O2S/c1-3-24(33-16-19(17-33)28(34)35-2)18-9-10-21(22(30)15-18)26-31-23-11-12-25(32-27(23)36-26)29(13-14-29)20-7-5-4-6-8-20/h4-12,15,19,24H,3,13-14,16-17H2,1-2H3. The van der Waals surface area contributed by atoms with Crippen LogP contribution in [0.5, 0.6) is 0 Å². The number of carbonyl (C=O) groups excluding carboxylic acids is 1. The van der Waals surface area contributed by atoms with Gasteiger partial charge in [-0.1, -0.05) is 54.7 Å². The smallest absolute Gasteiger partial charge is 0.311 e. The number of esters is 1. The van der Waals surface area contributed by atoms with E-state index in [1.54, 1.807) is 6.07 Å². The van der Waals surface area contributed by atoms with Gasteiger partial charge in [0.2, 0.25) is 0 Å². The number of likely N-dealkylation sites (tertiary alicyclic amines) is 1. The van der Waals surface area contributed by atoms with Crippen molar-refractivity contribution in [3.63, 3.8) is 0 Å². The Morgan fingerprint density at radius 1 is 1.14 bits per heavy atom. The van der Waals surface area contributed by atoms with Gasteiger partial charge in [0.1, 0.15) is 21.2 Å². The van der Waals surface area contributed by atoms with Crippen LogP contribution in [-0.2, 0) is 14.9 Å². The van der Waals surface area contributed by atoms with Gasteiger partial charge in [0.25, 0.3) is 0 Å². The molecule has 0 N–H and O–H groups in total. The molecular formula is C29H28FN3O2S. The lowest BCUT2D eigenvalue weighted by Gasteiger charge is -2.43. The van der Waals surface area contributed by atoms with Crippen molar-refractivity contribution in [2.75, 3.05) is 20.2 Å². The molecule has 2 aromatic heterocycles. The molecule has 5 nitrogen and oxygen atoms in total. The minimum absolute atomic E-state index is 0.00853. The predicted molar refractivity (Wildman–Crippen MR) is 139 cm³/mol. The molecule has 0 amide bonds. The summed E-state index contributed by atoms with van der Waals surface area (Å²) in [5, 5.41) is 0.644. The molecule has 2 fully saturated rings. The zero-order chi connectivity index (χ0) is 24.9. The average Bonchev–Trinajstić information content (AvgIpc) is 3.58. The van der Waals surface area contributed by atoms with E-state index in [4.69, 9.17) is 14.7 Å². The summed E-state index contributed by atoms with van der Waals surface area (Å²) < 4.78 is 20.2. The fraction of sp³-hybridized carbons (Fsp3) is 0.345. The van der Waals surface area contributed by atoms with Gasteiger partial charge < -0.3 is 4.74 Å². The Labute approximate surface area is 214 Å². The van der Waals surface area contributed by atoms with E-state index in [2.05, 4.69) is 42.2 Å². The minimum Gasteiger partial charge on any atom is -0.469 e. The Balaban J connectivity index is 1.25. The van der Waals surface area contributed by atoms with E-state index in [0.29, 0.717) is 23.7 Å². The summed E-state index contributed by atoms with van der Waals surface area (Å²) in [5.41, 5.74) is 4.57. The van der Waals surface area contributed by atoms with Crippen molar-refractivity contribution in [3.8, 4) is 10.6 Å². The third-order valence-electron chi connectivity index (χ3n) is 7.70. The summed E-state index contributed by atoms with van der Waals surface area (Å²) >= 11 is 1.44. The molecule has 6 rings (SSSR count). The van der Waals surface area contributed by atoms with E-state index in [-0.39, 0.29) is 29.2 Å². The summed E-state index contributed by atoms with van der Waals surface area (Å²) in [4.78, 5) is 24.5. The number of rotatable bonds is 7. The monoisotopic (exact) mass is 501 g/mol. The summed E-state index contributed by atoms with van der Waals surface area (Å²) in [6.07, 6.45) is 3.02. The molecule has 1 aliphatic heterocycles. The van der Waals surface area contributed by atoms with Gasteiger partial charge in [-0.3, -0.25) is 9.69 Å². The summed E-state index contributed by atoms with van der Waals surface area (Å²) in [6, 6.07) is 20.1. The highest BCUT2D eigenvalue weighted by molar-refractivity contribution is 7.21. The molecule has 7 heteroatoms. The second kappa shape index (κ2) is 9.05. The molecule has 3 heterocycles. The Bertz CT molecular complexity index is 1430. The molecule has 36 heavy (non-hydrogen) atoms. The first-order chi connectivity index (χ1) is 17.5. The minimum atomic E-state index is -0.279. The lowest BCUT2D eigenvalue weighted by Crippen LogP contribution is -2.51. The molecule has 1 aliphatic carbocycles. The van der Waals surface area contributed by atoms with Gasteiger partial charge in [-0.25, -0.2) is 14.4 Å². The van der Waals surface area contributed by atoms with Crippen molar-refractivity contribution in [2.24, 2.45) is 5.92 Å². The number of thiazole rings is 1. The lowest BCUT2D eigenvalue weighted by atomic mass is 9.92. The number of pyridine rings is 1. The highest BCUT2D eigenvalue weighted by Gasteiger charge is 2.47. The Morgan fingerprint density at radius 3 is 2.58 bits per heavy atom. The van der Waals surface area contributed by atoms with E-state index in [0.717, 1.165) is 40.9 Å². The number of aromatic nitrogens is 2. The van der Waals surface area contributed by atoms with Gasteiger partial charge in [0.05, 0.1) is 18.7 Å². The van der Waals surface area contributed by atoms with Crippen LogP contribution in [0.3, 0.4) is 0 Å². The van der Waals surface area contributed by atoms with Crippen molar-refractivity contribution in [2.45, 2.75) is 37.6 Å². The highest BCUT2D eigenvalue weighted by atomic mass is 32.1. The van der Waals surface area contributed by atoms with Crippen LogP contribution in [-0.4, -0.2) is 41.0 Å². The number of benzene rings is 2. The number of hydrogen-bond donors (Lipinski definition) is 0. The van der Waals surface area contributed by atoms with Crippen LogP contribution in [0.4, 0.5) is 4.39 Å². The first kappa shape index (κ1) is 23.3. The number of fused-ring (bicyclic) bond motifs is 1. The maximum Gasteiger partial charge on any atom is 0.311 e. The third kappa shape index (κ3) is 3.91. The van der Waals surface area contributed by atoms with Gasteiger partial charge in [0.15, 0.2) is 0 Å². The van der Waals surface area contributed by atoms with Crippen molar-refractivity contribution < 1.29 is 13.9 Å². The Kier molecular flexibility index (Phi) is 5.85. The molecule has 4 aromatic rings. The lowest BCUT2D eigenvalue weighted by molar-refractivity contribution is -0.152. The van der Waals surface area contributed by atoms with Crippen molar-refractivity contribution in [1.82, 2.24) is 14.9 Å². The van der Waals surface area contributed by atoms with Gasteiger partial charge in [-0.15, -0.1) is 0 Å². The highest BCUT2D eigenvalue weighted by Crippen LogP contribution is 2.53. The molecule has 0 spiro atoms. The zero-order valence-corrected chi connectivity index (χ0v) is 21.2. The number of carbonyl (C=O) groups is 1. The number of ether oxygens (including phenoxy) is 1. The van der Waals surface area contributed by atoms with Gasteiger partial charge in [-0.2, -0.15) is 0 Å². The molecule has 2 aliphatic rings. The summed E-state index contributed by atoms with van der Waals surface area (Å²) in [6.45, 7) is 3.37. The Hall–Kier alpha value is -3.16. The largest absolute Gasteiger partial charge is 0.469 e. The van der Waals surface area contributed by atoms with Crippen LogP contribution < -0.4 is 0 Å². The molecule has 0 radical (unpaired) electrons. The molecule has 1 saturated heterocycles. The summed E-state index contributed by atoms with van der Waals surface area (Å²) in [5.74, 6) is -0.546. The van der Waals surface area contributed by atoms with E-state index < -0.39 is 0 Å². The van der Waals surface area contributed by atoms with E-state index in [1.807, 2.05) is 24.3 Å².